The summed E-state index contributed by atoms with van der Waals surface area (Å²) in [6, 6.07) is 97.5. The smallest absolute Gasteiger partial charge is 0.0620 e. The summed E-state index contributed by atoms with van der Waals surface area (Å²) in [6.45, 7) is 1.86. The second-order valence-corrected chi connectivity index (χ2v) is 21.7. The average molecular weight is 877 g/mol. The number of benzene rings is 9. The van der Waals surface area contributed by atoms with E-state index < -0.39 is 23.8 Å². The van der Waals surface area contributed by atoms with Crippen molar-refractivity contribution in [3.63, 3.8) is 0 Å². The Hall–Kier alpha value is -5.35. The van der Waals surface area contributed by atoms with E-state index in [1.165, 1.54) is 47.7 Å². The Labute approximate surface area is 369 Å². The van der Waals surface area contributed by atoms with E-state index in [2.05, 4.69) is 288 Å². The molecule has 297 valence electrons. The molecule has 0 aliphatic heterocycles. The predicted molar refractivity (Wildman–Crippen MR) is 271 cm³/mol. The van der Waals surface area contributed by atoms with Gasteiger partial charge in [-0.25, -0.2) is 0 Å². The molecule has 0 bridgehead atoms. The fourth-order valence-corrected chi connectivity index (χ4v) is 14.7. The van der Waals surface area contributed by atoms with Crippen LogP contribution in [-0.2, 0) is 15.3 Å². The van der Waals surface area contributed by atoms with Gasteiger partial charge in [-0.15, -0.1) is 0 Å². The van der Waals surface area contributed by atoms with Crippen LogP contribution in [0.25, 0.3) is 0 Å². The van der Waals surface area contributed by atoms with Crippen molar-refractivity contribution in [3.05, 3.63) is 273 Å². The third-order valence-electron chi connectivity index (χ3n) is 9.56. The molecule has 0 nitrogen and oxygen atoms in total. The Morgan fingerprint density at radius 2 is 0.300 bits per heavy atom. The van der Waals surface area contributed by atoms with Crippen molar-refractivity contribution in [2.24, 2.45) is 0 Å². The van der Waals surface area contributed by atoms with Crippen molar-refractivity contribution in [2.45, 2.75) is 6.92 Å². The van der Waals surface area contributed by atoms with E-state index in [-0.39, 0.29) is 0 Å². The molecule has 0 saturated carbocycles. The van der Waals surface area contributed by atoms with E-state index in [4.69, 9.17) is 0 Å². The van der Waals surface area contributed by atoms with Crippen molar-refractivity contribution < 1.29 is 15.3 Å². The van der Waals surface area contributed by atoms with Gasteiger partial charge in [-0.2, -0.15) is 0 Å². The molecule has 0 aromatic heterocycles. The zero-order chi connectivity index (χ0) is 41.5. The summed E-state index contributed by atoms with van der Waals surface area (Å²) in [5.41, 5.74) is 0. The van der Waals surface area contributed by atoms with Crippen LogP contribution in [0.3, 0.4) is 0 Å². The SMILES string of the molecule is C[CH]=[Co].c1ccc([PH+](c2ccccc2)c2ccccc2)cc1.c1ccc([PH+](c2ccccc2)c2ccccc2)cc1.c1ccc([PH+](c2ccccc2)c2ccccc2)cc1. The molecule has 0 aliphatic rings. The van der Waals surface area contributed by atoms with E-state index in [9.17, 15) is 0 Å². The topological polar surface area (TPSA) is 0 Å². The third kappa shape index (κ3) is 13.3. The minimum Gasteiger partial charge on any atom is -0.0620 e. The molecule has 0 heterocycles. The molecule has 4 heteroatoms. The van der Waals surface area contributed by atoms with Crippen LogP contribution in [0.1, 0.15) is 6.92 Å². The van der Waals surface area contributed by atoms with Gasteiger partial charge < -0.3 is 0 Å². The summed E-state index contributed by atoms with van der Waals surface area (Å²) in [7, 11) is -2.63. The molecule has 0 saturated heterocycles. The van der Waals surface area contributed by atoms with Crippen LogP contribution in [0.2, 0.25) is 0 Å². The standard InChI is InChI=1S/3C18H15P.C2H4.Co/c3*1-4-10-16(11-5-1)19(17-12-6-2-7-13-17)18-14-8-3-9-15-18;1-2;/h3*1-15H;1H,2H3;/p+3. The molecule has 9 aromatic rings. The van der Waals surface area contributed by atoms with Crippen LogP contribution in [0.4, 0.5) is 0 Å². The van der Waals surface area contributed by atoms with Gasteiger partial charge in [-0.1, -0.05) is 164 Å². The van der Waals surface area contributed by atoms with E-state index in [1.54, 1.807) is 4.96 Å². The molecule has 0 N–H and O–H groups in total. The zero-order valence-electron chi connectivity index (χ0n) is 33.9. The Morgan fingerprint density at radius 1 is 0.217 bits per heavy atom. The fraction of sp³-hybridized carbons (Fsp3) is 0.0179. The molecule has 0 fully saturated rings. The first kappa shape index (κ1) is 44.2. The van der Waals surface area contributed by atoms with Crippen LogP contribution in [-0.4, -0.2) is 4.96 Å². The first-order valence-electron chi connectivity index (χ1n) is 20.2. The van der Waals surface area contributed by atoms with Gasteiger partial charge in [0.05, 0.1) is 23.8 Å². The molecule has 0 radical (unpaired) electrons. The van der Waals surface area contributed by atoms with Gasteiger partial charge in [0, 0.05) is 0 Å². The molecule has 60 heavy (non-hydrogen) atoms. The maximum Gasteiger partial charge on any atom is 0.102 e. The number of hydrogen-bond acceptors (Lipinski definition) is 0. The third-order valence-corrected chi connectivity index (χ3v) is 17.8. The largest absolute Gasteiger partial charge is 0.102 e. The first-order chi connectivity index (χ1) is 29.8. The number of hydrogen-bond donors (Lipinski definition) is 0. The van der Waals surface area contributed by atoms with Crippen LogP contribution >= 0.6 is 23.8 Å². The molecular formula is C56H52CoP3+3. The Balaban J connectivity index is 0.000000146. The second kappa shape index (κ2) is 25.3. The molecule has 9 aromatic carbocycles. The first-order valence-corrected chi connectivity index (χ1v) is 25.3. The van der Waals surface area contributed by atoms with E-state index in [1.807, 2.05) is 6.92 Å². The molecule has 0 atom stereocenters. The van der Waals surface area contributed by atoms with Gasteiger partial charge in [0.15, 0.2) is 0 Å². The molecule has 0 unspecified atom stereocenters. The molecule has 0 amide bonds. The van der Waals surface area contributed by atoms with Gasteiger partial charge in [-0.05, 0) is 109 Å². The van der Waals surface area contributed by atoms with Gasteiger partial charge in [0.25, 0.3) is 0 Å². The summed E-state index contributed by atoms with van der Waals surface area (Å²) in [5.74, 6) is 0. The zero-order valence-corrected chi connectivity index (χ0v) is 37.9. The molecule has 0 aliphatic carbocycles. The predicted octanol–water partition coefficient (Wildman–Crippen LogP) is 9.89. The summed E-state index contributed by atoms with van der Waals surface area (Å²) < 4.78 is 0. The summed E-state index contributed by atoms with van der Waals surface area (Å²) >= 11 is 3.70. The maximum absolute atomic E-state index is 3.70. The Bertz CT molecular complexity index is 1910. The molecular weight excluding hydrogens is 824 g/mol. The average Bonchev–Trinajstić information content (AvgIpc) is 3.33. The van der Waals surface area contributed by atoms with Crippen LogP contribution in [0.15, 0.2) is 273 Å². The Kier molecular flexibility index (Phi) is 18.6. The van der Waals surface area contributed by atoms with Gasteiger partial charge in [0.1, 0.15) is 47.7 Å². The second-order valence-electron chi connectivity index (χ2n) is 13.6. The maximum atomic E-state index is 3.70. The normalized spacial score (nSPS) is 10.3. The summed E-state index contributed by atoms with van der Waals surface area (Å²) in [6.07, 6.45) is 0. The van der Waals surface area contributed by atoms with Crippen molar-refractivity contribution in [1.29, 1.82) is 0 Å². The van der Waals surface area contributed by atoms with E-state index in [0.29, 0.717) is 0 Å². The van der Waals surface area contributed by atoms with Gasteiger partial charge >= 0.3 is 27.2 Å². The minimum absolute atomic E-state index is 0.877. The van der Waals surface area contributed by atoms with Crippen LogP contribution in [0.5, 0.6) is 0 Å². The van der Waals surface area contributed by atoms with Crippen LogP contribution < -0.4 is 47.7 Å². The Morgan fingerprint density at radius 3 is 0.383 bits per heavy atom. The molecule has 0 spiro atoms. The van der Waals surface area contributed by atoms with Crippen molar-refractivity contribution in [3.8, 4) is 0 Å². The van der Waals surface area contributed by atoms with Crippen molar-refractivity contribution in [2.75, 3.05) is 0 Å². The summed E-state index contributed by atoms with van der Waals surface area (Å²) in [5, 5.41) is 12.9. The fourth-order valence-electron chi connectivity index (χ4n) is 6.94. The quantitative estimate of drug-likeness (QED) is 0.127. The van der Waals surface area contributed by atoms with Crippen LogP contribution in [0, 0.1) is 0 Å². The van der Waals surface area contributed by atoms with E-state index >= 15 is 0 Å². The van der Waals surface area contributed by atoms with Gasteiger partial charge in [-0.3, -0.25) is 0 Å². The van der Waals surface area contributed by atoms with Crippen molar-refractivity contribution in [1.82, 2.24) is 0 Å². The van der Waals surface area contributed by atoms with Crippen molar-refractivity contribution >= 4 is 76.5 Å². The summed E-state index contributed by atoms with van der Waals surface area (Å²) in [4.78, 5) is 1.69. The molecule has 9 rings (SSSR count). The van der Waals surface area contributed by atoms with E-state index in [0.717, 1.165) is 0 Å². The monoisotopic (exact) mass is 876 g/mol. The van der Waals surface area contributed by atoms with Gasteiger partial charge in [0.2, 0.25) is 0 Å². The number of rotatable bonds is 9. The minimum atomic E-state index is -0.877.